The summed E-state index contributed by atoms with van der Waals surface area (Å²) in [6.45, 7) is 47.4. The number of hydrogen-bond donors (Lipinski definition) is 8. The summed E-state index contributed by atoms with van der Waals surface area (Å²) < 4.78 is 0. The van der Waals surface area contributed by atoms with Crippen LogP contribution in [-0.4, -0.2) is 105 Å². The SMILES string of the molecule is C=C(NC(=O)C(C)(C)C)C(=O)NC(C)(C)C.CC(C)(C)NC(=O)C(CSCC(NC(=O)C(C)(C)C)C(=O)NC(C)(C)C)NC(=O)C(C)(C)C.CC(C)(C)NC(=O)C(C[S-])NC(=O)C(C)(C)C. The first-order valence-corrected chi connectivity index (χ1v) is 24.0. The van der Waals surface area contributed by atoms with E-state index in [1.807, 2.05) is 83.1 Å². The fourth-order valence-corrected chi connectivity index (χ4v) is 5.46. The Morgan fingerprint density at radius 3 is 0.879 bits per heavy atom. The van der Waals surface area contributed by atoms with Crippen LogP contribution in [0.4, 0.5) is 0 Å². The molecule has 0 fully saturated rings. The molecule has 3 atom stereocenters. The number of nitrogens with one attached hydrogen (secondary N) is 8. The molecule has 66 heavy (non-hydrogen) atoms. The highest BCUT2D eigenvalue weighted by atomic mass is 32.2. The Bertz CT molecular complexity index is 1620. The van der Waals surface area contributed by atoms with Crippen LogP contribution in [0.15, 0.2) is 12.3 Å². The molecule has 0 heterocycles. The van der Waals surface area contributed by atoms with Gasteiger partial charge in [-0.15, -0.1) is 5.75 Å². The summed E-state index contributed by atoms with van der Waals surface area (Å²) in [6, 6.07) is -2.19. The van der Waals surface area contributed by atoms with Crippen molar-refractivity contribution in [2.75, 3.05) is 17.3 Å². The quantitative estimate of drug-likeness (QED) is 0.0892. The molecular formula is C48H91N8O8S2-. The number of amides is 8. The molecule has 8 amide bonds. The smallest absolute Gasteiger partial charge is 0.267 e. The van der Waals surface area contributed by atoms with Crippen molar-refractivity contribution in [1.29, 1.82) is 0 Å². The highest BCUT2D eigenvalue weighted by molar-refractivity contribution is 7.99. The largest absolute Gasteiger partial charge is 0.790 e. The van der Waals surface area contributed by atoms with Gasteiger partial charge in [-0.25, -0.2) is 0 Å². The maximum atomic E-state index is 12.8. The average molecular weight is 972 g/mol. The van der Waals surface area contributed by atoms with Crippen molar-refractivity contribution in [2.45, 2.75) is 206 Å². The molecule has 0 aromatic heterocycles. The van der Waals surface area contributed by atoms with Crippen LogP contribution in [0.25, 0.3) is 0 Å². The van der Waals surface area contributed by atoms with Crippen LogP contribution in [0, 0.1) is 21.7 Å². The summed E-state index contributed by atoms with van der Waals surface area (Å²) in [7, 11) is 0. The Balaban J connectivity index is -0.00000101. The summed E-state index contributed by atoms with van der Waals surface area (Å²) in [5, 5.41) is 22.2. The molecular weight excluding hydrogens is 881 g/mol. The minimum atomic E-state index is -0.773. The molecule has 0 saturated carbocycles. The van der Waals surface area contributed by atoms with E-state index < -0.39 is 50.9 Å². The lowest BCUT2D eigenvalue weighted by atomic mass is 9.95. The van der Waals surface area contributed by atoms with Crippen molar-refractivity contribution in [1.82, 2.24) is 42.5 Å². The summed E-state index contributed by atoms with van der Waals surface area (Å²) in [6.07, 6.45) is 0. The second-order valence-corrected chi connectivity index (χ2v) is 26.0. The monoisotopic (exact) mass is 972 g/mol. The predicted molar refractivity (Wildman–Crippen MR) is 272 cm³/mol. The van der Waals surface area contributed by atoms with Gasteiger partial charge in [-0.3, -0.25) is 38.4 Å². The van der Waals surface area contributed by atoms with E-state index in [-0.39, 0.29) is 81.3 Å². The van der Waals surface area contributed by atoms with Crippen molar-refractivity contribution in [3.8, 4) is 0 Å². The molecule has 384 valence electrons. The zero-order valence-corrected chi connectivity index (χ0v) is 46.8. The van der Waals surface area contributed by atoms with Crippen LogP contribution in [-0.2, 0) is 51.0 Å². The Morgan fingerprint density at radius 1 is 0.409 bits per heavy atom. The number of hydrogen-bond acceptors (Lipinski definition) is 10. The minimum Gasteiger partial charge on any atom is -0.790 e. The Morgan fingerprint density at radius 2 is 0.652 bits per heavy atom. The first-order chi connectivity index (χ1) is 28.9. The number of thioether (sulfide) groups is 1. The third-order valence-corrected chi connectivity index (χ3v) is 9.32. The Hall–Kier alpha value is -3.80. The lowest BCUT2D eigenvalue weighted by molar-refractivity contribution is -0.133. The first-order valence-electron chi connectivity index (χ1n) is 22.3. The predicted octanol–water partition coefficient (Wildman–Crippen LogP) is 5.17. The summed E-state index contributed by atoms with van der Waals surface area (Å²) in [4.78, 5) is 97.6. The number of carbonyl (C=O) groups is 8. The highest BCUT2D eigenvalue weighted by Gasteiger charge is 2.33. The molecule has 16 nitrogen and oxygen atoms in total. The van der Waals surface area contributed by atoms with E-state index in [2.05, 4.69) is 49.1 Å². The minimum absolute atomic E-state index is 0.0786. The molecule has 18 heteroatoms. The van der Waals surface area contributed by atoms with Crippen molar-refractivity contribution >= 4 is 71.6 Å². The van der Waals surface area contributed by atoms with E-state index in [0.717, 1.165) is 0 Å². The van der Waals surface area contributed by atoms with Gasteiger partial charge >= 0.3 is 0 Å². The van der Waals surface area contributed by atoms with Gasteiger partial charge in [-0.05, 0) is 83.1 Å². The molecule has 0 aliphatic carbocycles. The van der Waals surface area contributed by atoms with E-state index in [9.17, 15) is 38.4 Å². The van der Waals surface area contributed by atoms with Gasteiger partial charge in [0.15, 0.2) is 0 Å². The van der Waals surface area contributed by atoms with E-state index in [0.29, 0.717) is 0 Å². The van der Waals surface area contributed by atoms with Gasteiger partial charge in [-0.1, -0.05) is 89.7 Å². The van der Waals surface area contributed by atoms with Gasteiger partial charge in [0.1, 0.15) is 12.1 Å². The van der Waals surface area contributed by atoms with Crippen molar-refractivity contribution < 1.29 is 38.4 Å². The summed E-state index contributed by atoms with van der Waals surface area (Å²) >= 11 is 6.24. The van der Waals surface area contributed by atoms with Gasteiger partial charge in [0.25, 0.3) is 5.91 Å². The van der Waals surface area contributed by atoms with Gasteiger partial charge < -0.3 is 55.2 Å². The van der Waals surface area contributed by atoms with E-state index in [1.165, 1.54) is 11.8 Å². The van der Waals surface area contributed by atoms with Crippen LogP contribution >= 0.6 is 11.8 Å². The molecule has 0 aromatic carbocycles. The Labute approximate surface area is 408 Å². The second-order valence-electron chi connectivity index (χ2n) is 24.6. The van der Waals surface area contributed by atoms with Crippen molar-refractivity contribution in [2.24, 2.45) is 21.7 Å². The lowest BCUT2D eigenvalue weighted by Gasteiger charge is -2.29. The molecule has 0 radical (unpaired) electrons. The fraction of sp³-hybridized carbons (Fsp3) is 0.792. The number of rotatable bonds is 13. The van der Waals surface area contributed by atoms with Crippen LogP contribution in [0.5, 0.6) is 0 Å². The number of carbonyl (C=O) groups excluding carboxylic acids is 8. The maximum Gasteiger partial charge on any atom is 0.267 e. The van der Waals surface area contributed by atoms with Crippen molar-refractivity contribution in [3.63, 3.8) is 0 Å². The topological polar surface area (TPSA) is 233 Å². The zero-order valence-electron chi connectivity index (χ0n) is 45.1. The molecule has 0 rings (SSSR count). The van der Waals surface area contributed by atoms with Crippen LogP contribution in [0.3, 0.4) is 0 Å². The normalized spacial score (nSPS) is 13.8. The Kier molecular flexibility index (Phi) is 26.3. The van der Waals surface area contributed by atoms with Crippen molar-refractivity contribution in [3.05, 3.63) is 12.3 Å². The second kappa shape index (κ2) is 26.1. The van der Waals surface area contributed by atoms with Gasteiger partial charge in [0, 0.05) is 55.3 Å². The summed E-state index contributed by atoms with van der Waals surface area (Å²) in [5.74, 6) is -1.34. The van der Waals surface area contributed by atoms with Crippen LogP contribution in [0.2, 0.25) is 0 Å². The maximum absolute atomic E-state index is 12.8. The van der Waals surface area contributed by atoms with Crippen LogP contribution in [0.1, 0.15) is 166 Å². The van der Waals surface area contributed by atoms with Gasteiger partial charge in [-0.2, -0.15) is 11.8 Å². The van der Waals surface area contributed by atoms with Crippen LogP contribution < -0.4 is 42.5 Å². The lowest BCUT2D eigenvalue weighted by Crippen LogP contribution is -2.56. The van der Waals surface area contributed by atoms with E-state index in [1.54, 1.807) is 83.1 Å². The molecule has 0 saturated heterocycles. The molecule has 0 aliphatic rings. The van der Waals surface area contributed by atoms with E-state index in [4.69, 9.17) is 12.6 Å². The average Bonchev–Trinajstić information content (AvgIpc) is 3.05. The highest BCUT2D eigenvalue weighted by Crippen LogP contribution is 2.18. The first kappa shape index (κ1) is 66.5. The van der Waals surface area contributed by atoms with Gasteiger partial charge in [0.2, 0.25) is 41.4 Å². The third-order valence-electron chi connectivity index (χ3n) is 7.85. The molecule has 0 aliphatic heterocycles. The standard InChI is InChI=1S/C24H46N4O4S.C12H24N2O2S.C12H22N2O2/c1-21(2,3)19(31)25-15(17(29)27-23(7,8)9)13-33-14-16(18(30)28-24(10,11)12)26-20(32)22(4,5)6;1-11(2,3)10(16)13-8(7-17)9(15)14-12(4,5)6;1-8(9(15)14-12(5,6)7)13-10(16)11(2,3)4/h15-16H,13-14H2,1-12H3,(H,25,31)(H,26,32)(H,27,29)(H,28,30);8,17H,7H2,1-6H3,(H,13,16)(H,14,15);1H2,2-7H3,(H,13,16)(H,14,15)/p-1. The molecule has 0 bridgehead atoms. The molecule has 0 spiro atoms. The van der Waals surface area contributed by atoms with E-state index >= 15 is 0 Å². The molecule has 3 unspecified atom stereocenters. The molecule has 0 aromatic rings. The molecule has 8 N–H and O–H groups in total. The summed E-state index contributed by atoms with van der Waals surface area (Å²) in [5.41, 5.74) is -3.87. The fourth-order valence-electron chi connectivity index (χ4n) is 4.14. The third kappa shape index (κ3) is 32.8. The van der Waals surface area contributed by atoms with Gasteiger partial charge in [0.05, 0.1) is 11.7 Å². The zero-order chi connectivity index (χ0) is 53.4.